The van der Waals surface area contributed by atoms with E-state index in [2.05, 4.69) is 39.8 Å². The molecule has 1 heterocycles. The van der Waals surface area contributed by atoms with Crippen molar-refractivity contribution in [1.29, 1.82) is 0 Å². The molecule has 0 saturated carbocycles. The largest absolute Gasteiger partial charge is 0.356 e. The molecule has 0 spiro atoms. The number of nitrogens with zero attached hydrogens (tertiary/aromatic N) is 3. The predicted molar refractivity (Wildman–Crippen MR) is 86.0 cm³/mol. The maximum atomic E-state index is 4.24. The molecule has 1 atom stereocenters. The van der Waals surface area contributed by atoms with Crippen molar-refractivity contribution in [2.75, 3.05) is 13.6 Å². The van der Waals surface area contributed by atoms with Crippen LogP contribution in [0.1, 0.15) is 12.5 Å². The normalized spacial score (nSPS) is 13.0. The smallest absolute Gasteiger partial charge is 0.191 e. The molecule has 21 heavy (non-hydrogen) atoms. The Morgan fingerprint density at radius 2 is 2.05 bits per heavy atom. The van der Waals surface area contributed by atoms with Crippen molar-refractivity contribution in [1.82, 2.24) is 20.4 Å². The lowest BCUT2D eigenvalue weighted by Gasteiger charge is -2.16. The first-order valence-electron chi connectivity index (χ1n) is 7.24. The first kappa shape index (κ1) is 15.1. The van der Waals surface area contributed by atoms with E-state index in [0.29, 0.717) is 5.92 Å². The molecule has 0 saturated heterocycles. The number of rotatable bonds is 6. The monoisotopic (exact) mass is 285 g/mol. The Morgan fingerprint density at radius 1 is 1.24 bits per heavy atom. The van der Waals surface area contributed by atoms with Gasteiger partial charge in [0, 0.05) is 39.1 Å². The molecule has 2 rings (SSSR count). The zero-order valence-corrected chi connectivity index (χ0v) is 12.7. The van der Waals surface area contributed by atoms with Gasteiger partial charge in [0.2, 0.25) is 0 Å². The van der Waals surface area contributed by atoms with E-state index in [-0.39, 0.29) is 0 Å². The summed E-state index contributed by atoms with van der Waals surface area (Å²) in [4.78, 5) is 4.24. The van der Waals surface area contributed by atoms with Crippen molar-refractivity contribution in [2.45, 2.75) is 20.0 Å². The molecule has 2 aromatic rings. The van der Waals surface area contributed by atoms with Gasteiger partial charge < -0.3 is 10.6 Å². The fourth-order valence-corrected chi connectivity index (χ4v) is 2.07. The molecule has 1 aromatic heterocycles. The highest BCUT2D eigenvalue weighted by Gasteiger charge is 2.05. The van der Waals surface area contributed by atoms with Crippen LogP contribution >= 0.6 is 0 Å². The molecule has 1 aromatic carbocycles. The second-order valence-corrected chi connectivity index (χ2v) is 5.13. The van der Waals surface area contributed by atoms with Gasteiger partial charge in [0.25, 0.3) is 0 Å². The highest BCUT2D eigenvalue weighted by Crippen LogP contribution is 1.99. The second kappa shape index (κ2) is 8.09. The van der Waals surface area contributed by atoms with Crippen molar-refractivity contribution in [3.8, 4) is 0 Å². The van der Waals surface area contributed by atoms with Crippen molar-refractivity contribution in [3.05, 3.63) is 54.4 Å². The number of nitrogens with one attached hydrogen (secondary N) is 2. The van der Waals surface area contributed by atoms with Crippen molar-refractivity contribution in [2.24, 2.45) is 10.9 Å². The molecule has 0 aliphatic heterocycles. The van der Waals surface area contributed by atoms with Gasteiger partial charge >= 0.3 is 0 Å². The summed E-state index contributed by atoms with van der Waals surface area (Å²) in [6.07, 6.45) is 3.79. The van der Waals surface area contributed by atoms with Gasteiger partial charge in [0.15, 0.2) is 5.96 Å². The summed E-state index contributed by atoms with van der Waals surface area (Å²) in [7, 11) is 1.79. The van der Waals surface area contributed by atoms with Gasteiger partial charge in [-0.1, -0.05) is 37.3 Å². The number of aromatic nitrogens is 2. The van der Waals surface area contributed by atoms with Gasteiger partial charge in [-0.3, -0.25) is 9.67 Å². The summed E-state index contributed by atoms with van der Waals surface area (Å²) in [6.45, 7) is 4.72. The van der Waals surface area contributed by atoms with Crippen molar-refractivity contribution >= 4 is 5.96 Å². The Balaban J connectivity index is 1.72. The van der Waals surface area contributed by atoms with Crippen LogP contribution in [-0.4, -0.2) is 29.3 Å². The van der Waals surface area contributed by atoms with Crippen molar-refractivity contribution < 1.29 is 0 Å². The molecule has 0 radical (unpaired) electrons. The van der Waals surface area contributed by atoms with Crippen LogP contribution in [0.5, 0.6) is 0 Å². The molecular formula is C16H23N5. The van der Waals surface area contributed by atoms with Crippen LogP contribution in [0.4, 0.5) is 0 Å². The molecule has 1 unspecified atom stereocenters. The SMILES string of the molecule is CN=C(NCc1ccccc1)NCC(C)Cn1cccn1. The number of guanidine groups is 1. The van der Waals surface area contributed by atoms with Gasteiger partial charge in [0.05, 0.1) is 0 Å². The molecule has 5 nitrogen and oxygen atoms in total. The third-order valence-electron chi connectivity index (χ3n) is 3.20. The summed E-state index contributed by atoms with van der Waals surface area (Å²) >= 11 is 0. The van der Waals surface area contributed by atoms with Crippen LogP contribution in [-0.2, 0) is 13.1 Å². The fraction of sp³-hybridized carbons (Fsp3) is 0.375. The average molecular weight is 285 g/mol. The maximum Gasteiger partial charge on any atom is 0.191 e. The minimum atomic E-state index is 0.472. The maximum absolute atomic E-state index is 4.24. The van der Waals surface area contributed by atoms with E-state index in [0.717, 1.165) is 25.6 Å². The minimum Gasteiger partial charge on any atom is -0.356 e. The lowest BCUT2D eigenvalue weighted by atomic mass is 10.2. The summed E-state index contributed by atoms with van der Waals surface area (Å²) in [6, 6.07) is 12.2. The lowest BCUT2D eigenvalue weighted by Crippen LogP contribution is -2.39. The first-order valence-corrected chi connectivity index (χ1v) is 7.24. The van der Waals surface area contributed by atoms with Crippen LogP contribution in [0.3, 0.4) is 0 Å². The highest BCUT2D eigenvalue weighted by molar-refractivity contribution is 5.79. The summed E-state index contributed by atoms with van der Waals surface area (Å²) in [5.41, 5.74) is 1.24. The van der Waals surface area contributed by atoms with Gasteiger partial charge in [-0.25, -0.2) is 0 Å². The third kappa shape index (κ3) is 5.30. The van der Waals surface area contributed by atoms with Gasteiger partial charge in [0.1, 0.15) is 0 Å². The predicted octanol–water partition coefficient (Wildman–Crippen LogP) is 1.88. The Bertz CT molecular complexity index is 533. The van der Waals surface area contributed by atoms with Crippen LogP contribution in [0, 0.1) is 5.92 Å². The van der Waals surface area contributed by atoms with E-state index in [4.69, 9.17) is 0 Å². The highest BCUT2D eigenvalue weighted by atomic mass is 15.3. The third-order valence-corrected chi connectivity index (χ3v) is 3.20. The van der Waals surface area contributed by atoms with Crippen LogP contribution in [0.25, 0.3) is 0 Å². The first-order chi connectivity index (χ1) is 10.3. The van der Waals surface area contributed by atoms with Gasteiger partial charge in [-0.05, 0) is 17.5 Å². The number of benzene rings is 1. The average Bonchev–Trinajstić information content (AvgIpc) is 3.01. The van der Waals surface area contributed by atoms with E-state index < -0.39 is 0 Å². The quantitative estimate of drug-likeness (QED) is 0.629. The summed E-state index contributed by atoms with van der Waals surface area (Å²) in [5, 5.41) is 10.9. The van der Waals surface area contributed by atoms with E-state index >= 15 is 0 Å². The molecule has 5 heteroatoms. The molecule has 0 bridgehead atoms. The molecule has 0 aliphatic rings. The van der Waals surface area contributed by atoms with Gasteiger partial charge in [-0.2, -0.15) is 5.10 Å². The second-order valence-electron chi connectivity index (χ2n) is 5.13. The molecular weight excluding hydrogens is 262 g/mol. The molecule has 2 N–H and O–H groups in total. The lowest BCUT2D eigenvalue weighted by molar-refractivity contribution is 0.443. The van der Waals surface area contributed by atoms with Crippen LogP contribution < -0.4 is 10.6 Å². The van der Waals surface area contributed by atoms with E-state index in [1.807, 2.05) is 35.1 Å². The fourth-order valence-electron chi connectivity index (χ4n) is 2.07. The number of hydrogen-bond donors (Lipinski definition) is 2. The molecule has 0 aliphatic carbocycles. The summed E-state index contributed by atoms with van der Waals surface area (Å²) < 4.78 is 1.95. The summed E-state index contributed by atoms with van der Waals surface area (Å²) in [5.74, 6) is 1.30. The number of aliphatic imine (C=N–C) groups is 1. The van der Waals surface area contributed by atoms with E-state index in [1.54, 1.807) is 13.2 Å². The Hall–Kier alpha value is -2.30. The Kier molecular flexibility index (Phi) is 5.82. The topological polar surface area (TPSA) is 54.2 Å². The molecule has 0 amide bonds. The van der Waals surface area contributed by atoms with Gasteiger partial charge in [-0.15, -0.1) is 0 Å². The zero-order chi connectivity index (χ0) is 14.9. The van der Waals surface area contributed by atoms with Crippen molar-refractivity contribution in [3.63, 3.8) is 0 Å². The standard InChI is InChI=1S/C16H23N5/c1-14(13-21-10-6-9-20-21)11-18-16(17-2)19-12-15-7-4-3-5-8-15/h3-10,14H,11-13H2,1-2H3,(H2,17,18,19). The van der Waals surface area contributed by atoms with E-state index in [1.165, 1.54) is 5.56 Å². The number of hydrogen-bond acceptors (Lipinski definition) is 2. The van der Waals surface area contributed by atoms with Crippen LogP contribution in [0.15, 0.2) is 53.8 Å². The Labute approximate surface area is 126 Å². The molecule has 112 valence electrons. The van der Waals surface area contributed by atoms with E-state index in [9.17, 15) is 0 Å². The minimum absolute atomic E-state index is 0.472. The molecule has 0 fully saturated rings. The van der Waals surface area contributed by atoms with Crippen LogP contribution in [0.2, 0.25) is 0 Å². The zero-order valence-electron chi connectivity index (χ0n) is 12.7. The Morgan fingerprint density at radius 3 is 2.71 bits per heavy atom.